The van der Waals surface area contributed by atoms with Crippen molar-refractivity contribution < 1.29 is 9.32 Å². The van der Waals surface area contributed by atoms with Gasteiger partial charge in [0.1, 0.15) is 10.7 Å². The molecule has 2 heterocycles. The highest BCUT2D eigenvalue weighted by Crippen LogP contribution is 2.35. The molecule has 1 saturated carbocycles. The van der Waals surface area contributed by atoms with Crippen LogP contribution >= 0.6 is 11.6 Å². The molecule has 1 N–H and O–H groups in total. The van der Waals surface area contributed by atoms with Crippen LogP contribution in [0.4, 0.5) is 0 Å². The monoisotopic (exact) mass is 439 g/mol. The quantitative estimate of drug-likeness (QED) is 0.568. The van der Waals surface area contributed by atoms with Gasteiger partial charge in [0.2, 0.25) is 11.8 Å². The smallest absolute Gasteiger partial charge is 0.244 e. The molecule has 8 heteroatoms. The van der Waals surface area contributed by atoms with Gasteiger partial charge >= 0.3 is 0 Å². The Hall–Kier alpha value is -2.93. The van der Waals surface area contributed by atoms with Crippen LogP contribution in [0.25, 0.3) is 6.08 Å². The summed E-state index contributed by atoms with van der Waals surface area (Å²) in [6, 6.07) is 9.99. The summed E-state index contributed by atoms with van der Waals surface area (Å²) in [6.07, 6.45) is 7.97. The number of hydrogen-bond acceptors (Lipinski definition) is 5. The summed E-state index contributed by atoms with van der Waals surface area (Å²) in [5, 5.41) is 12.3. The number of hydrogen-bond donors (Lipinski definition) is 1. The Balaban J connectivity index is 1.51. The van der Waals surface area contributed by atoms with E-state index < -0.39 is 5.54 Å². The van der Waals surface area contributed by atoms with Gasteiger partial charge in [0, 0.05) is 18.6 Å². The van der Waals surface area contributed by atoms with E-state index in [2.05, 4.69) is 20.6 Å². The van der Waals surface area contributed by atoms with Crippen LogP contribution < -0.4 is 5.32 Å². The van der Waals surface area contributed by atoms with Crippen molar-refractivity contribution in [3.8, 4) is 0 Å². The molecule has 0 unspecified atom stereocenters. The molecular weight excluding hydrogens is 414 g/mol. The van der Waals surface area contributed by atoms with E-state index in [-0.39, 0.29) is 5.91 Å². The van der Waals surface area contributed by atoms with E-state index in [1.54, 1.807) is 17.7 Å². The van der Waals surface area contributed by atoms with E-state index >= 15 is 0 Å². The molecule has 1 aromatic carbocycles. The Morgan fingerprint density at radius 2 is 1.97 bits per heavy atom. The number of carbonyl (C=O) groups is 1. The lowest BCUT2D eigenvalue weighted by Crippen LogP contribution is -2.47. The summed E-state index contributed by atoms with van der Waals surface area (Å²) in [5.74, 6) is 0.838. The maximum atomic E-state index is 12.8. The normalized spacial score (nSPS) is 16.0. The number of nitrogens with zero attached hydrogens (tertiary/aromatic N) is 4. The summed E-state index contributed by atoms with van der Waals surface area (Å²) in [6.45, 7) is 4.21. The minimum absolute atomic E-state index is 0.212. The Bertz CT molecular complexity index is 1080. The number of amides is 1. The Morgan fingerprint density at radius 1 is 1.23 bits per heavy atom. The van der Waals surface area contributed by atoms with E-state index in [1.807, 2.05) is 37.3 Å². The zero-order chi connectivity index (χ0) is 21.8. The first-order valence-electron chi connectivity index (χ1n) is 10.5. The second kappa shape index (κ2) is 9.06. The van der Waals surface area contributed by atoms with Crippen molar-refractivity contribution in [3.05, 3.63) is 70.1 Å². The third-order valence-electron chi connectivity index (χ3n) is 5.71. The number of rotatable bonds is 6. The lowest BCUT2D eigenvalue weighted by Gasteiger charge is -2.34. The van der Waals surface area contributed by atoms with Crippen LogP contribution in [-0.4, -0.2) is 25.8 Å². The Labute approximate surface area is 186 Å². The number of nitrogens with one attached hydrogen (secondary N) is 1. The minimum Gasteiger partial charge on any atom is -0.340 e. The maximum Gasteiger partial charge on any atom is 0.244 e. The summed E-state index contributed by atoms with van der Waals surface area (Å²) in [7, 11) is 0. The van der Waals surface area contributed by atoms with Crippen LogP contribution in [-0.2, 0) is 16.9 Å². The van der Waals surface area contributed by atoms with Gasteiger partial charge in [-0.15, -0.1) is 0 Å². The molecule has 162 valence electrons. The van der Waals surface area contributed by atoms with Crippen LogP contribution in [0, 0.1) is 13.8 Å². The van der Waals surface area contributed by atoms with Crippen LogP contribution in [0.15, 0.2) is 40.9 Å². The highest BCUT2D eigenvalue weighted by Gasteiger charge is 2.39. The molecule has 1 amide bonds. The van der Waals surface area contributed by atoms with Crippen molar-refractivity contribution in [1.29, 1.82) is 0 Å². The molecule has 7 nitrogen and oxygen atoms in total. The first-order chi connectivity index (χ1) is 15.0. The molecule has 0 spiro atoms. The molecule has 1 aliphatic carbocycles. The first-order valence-corrected chi connectivity index (χ1v) is 10.9. The third kappa shape index (κ3) is 4.71. The molecule has 0 bridgehead atoms. The number of carbonyl (C=O) groups excluding carboxylic acids is 1. The molecule has 2 aromatic heterocycles. The van der Waals surface area contributed by atoms with Crippen molar-refractivity contribution >= 4 is 23.6 Å². The SMILES string of the molecule is Cc1nc(C2(NC(=O)/C=C/c3c(C)nn(Cc4ccccc4)c3Cl)CCCCC2)no1. The first kappa shape index (κ1) is 21.3. The van der Waals surface area contributed by atoms with E-state index in [0.717, 1.165) is 48.9 Å². The summed E-state index contributed by atoms with van der Waals surface area (Å²) in [4.78, 5) is 17.2. The maximum absolute atomic E-state index is 12.8. The van der Waals surface area contributed by atoms with Crippen LogP contribution in [0.1, 0.15) is 60.6 Å². The van der Waals surface area contributed by atoms with Crippen molar-refractivity contribution in [3.63, 3.8) is 0 Å². The Morgan fingerprint density at radius 3 is 2.65 bits per heavy atom. The largest absolute Gasteiger partial charge is 0.340 e. The van der Waals surface area contributed by atoms with E-state index in [9.17, 15) is 4.79 Å². The molecule has 0 radical (unpaired) electrons. The molecule has 0 atom stereocenters. The molecule has 1 fully saturated rings. The Kier molecular flexibility index (Phi) is 6.23. The summed E-state index contributed by atoms with van der Waals surface area (Å²) >= 11 is 6.57. The fourth-order valence-corrected chi connectivity index (χ4v) is 4.40. The van der Waals surface area contributed by atoms with Crippen LogP contribution in [0.3, 0.4) is 0 Å². The number of benzene rings is 1. The van der Waals surface area contributed by atoms with Gasteiger partial charge in [-0.1, -0.05) is 66.4 Å². The van der Waals surface area contributed by atoms with E-state index in [0.29, 0.717) is 23.4 Å². The molecule has 0 aliphatic heterocycles. The molecule has 0 saturated heterocycles. The van der Waals surface area contributed by atoms with Gasteiger partial charge in [0.15, 0.2) is 5.82 Å². The van der Waals surface area contributed by atoms with Crippen molar-refractivity contribution in [2.24, 2.45) is 0 Å². The van der Waals surface area contributed by atoms with Gasteiger partial charge in [0.25, 0.3) is 0 Å². The molecule has 4 rings (SSSR count). The highest BCUT2D eigenvalue weighted by molar-refractivity contribution is 6.31. The molecule has 1 aliphatic rings. The molecule has 31 heavy (non-hydrogen) atoms. The lowest BCUT2D eigenvalue weighted by atomic mass is 9.81. The average Bonchev–Trinajstić information content (AvgIpc) is 3.32. The van der Waals surface area contributed by atoms with Gasteiger partial charge in [-0.2, -0.15) is 10.1 Å². The number of aryl methyl sites for hydroxylation is 2. The van der Waals surface area contributed by atoms with Gasteiger partial charge < -0.3 is 9.84 Å². The predicted octanol–water partition coefficient (Wildman–Crippen LogP) is 4.57. The van der Waals surface area contributed by atoms with Crippen LogP contribution in [0.2, 0.25) is 5.15 Å². The van der Waals surface area contributed by atoms with Gasteiger partial charge in [0.05, 0.1) is 12.2 Å². The number of halogens is 1. The van der Waals surface area contributed by atoms with E-state index in [4.69, 9.17) is 16.1 Å². The third-order valence-corrected chi connectivity index (χ3v) is 6.11. The van der Waals surface area contributed by atoms with Crippen molar-refractivity contribution in [1.82, 2.24) is 25.2 Å². The fraction of sp³-hybridized carbons (Fsp3) is 0.391. The second-order valence-electron chi connectivity index (χ2n) is 8.04. The van der Waals surface area contributed by atoms with Crippen molar-refractivity contribution in [2.75, 3.05) is 0 Å². The molecule has 3 aromatic rings. The van der Waals surface area contributed by atoms with Crippen LogP contribution in [0.5, 0.6) is 0 Å². The summed E-state index contributed by atoms with van der Waals surface area (Å²) < 4.78 is 6.92. The highest BCUT2D eigenvalue weighted by atomic mass is 35.5. The topological polar surface area (TPSA) is 85.8 Å². The van der Waals surface area contributed by atoms with Gasteiger partial charge in [-0.05, 0) is 31.4 Å². The lowest BCUT2D eigenvalue weighted by molar-refractivity contribution is -0.119. The minimum atomic E-state index is -0.590. The average molecular weight is 440 g/mol. The zero-order valence-corrected chi connectivity index (χ0v) is 18.5. The molecular formula is C23H26ClN5O2. The summed E-state index contributed by atoms with van der Waals surface area (Å²) in [5.41, 5.74) is 2.02. The zero-order valence-electron chi connectivity index (χ0n) is 17.8. The fourth-order valence-electron chi connectivity index (χ4n) is 4.11. The van der Waals surface area contributed by atoms with Crippen molar-refractivity contribution in [2.45, 2.75) is 58.0 Å². The van der Waals surface area contributed by atoms with Gasteiger partial charge in [-0.25, -0.2) is 4.68 Å². The van der Waals surface area contributed by atoms with E-state index in [1.165, 1.54) is 6.08 Å². The number of aromatic nitrogens is 4. The standard InChI is InChI=1S/C23H26ClN5O2/c1-16-19(21(24)29(27-16)15-18-9-5-3-6-10-18)11-12-20(30)26-23(13-7-4-8-14-23)22-25-17(2)31-28-22/h3,5-6,9-12H,4,7-8,13-15H2,1-2H3,(H,26,30)/b12-11+. The van der Waals surface area contributed by atoms with Gasteiger partial charge in [-0.3, -0.25) is 4.79 Å². The predicted molar refractivity (Wildman–Crippen MR) is 118 cm³/mol. The second-order valence-corrected chi connectivity index (χ2v) is 8.39.